The number of morpholine rings is 1. The van der Waals surface area contributed by atoms with Gasteiger partial charge in [0, 0.05) is 44.0 Å². The van der Waals surface area contributed by atoms with Gasteiger partial charge in [-0.1, -0.05) is 42.5 Å². The van der Waals surface area contributed by atoms with Crippen molar-refractivity contribution in [1.29, 1.82) is 0 Å². The number of anilines is 1. The molecule has 2 aliphatic rings. The van der Waals surface area contributed by atoms with Crippen molar-refractivity contribution in [2.45, 2.75) is 31.9 Å². The van der Waals surface area contributed by atoms with Crippen LogP contribution in [0.1, 0.15) is 30.9 Å². The van der Waals surface area contributed by atoms with Crippen LogP contribution >= 0.6 is 0 Å². The molecular weight excluding hydrogens is 530 g/mol. The largest absolute Gasteiger partial charge is 0.489 e. The number of carbonyl (C=O) groups excluding carboxylic acids is 1. The quantitative estimate of drug-likeness (QED) is 0.231. The third kappa shape index (κ3) is 6.66. The van der Waals surface area contributed by atoms with Crippen LogP contribution in [0.15, 0.2) is 67.1 Å². The van der Waals surface area contributed by atoms with Crippen molar-refractivity contribution >= 4 is 22.9 Å². The van der Waals surface area contributed by atoms with Crippen LogP contribution in [0.3, 0.4) is 0 Å². The molecule has 6 rings (SSSR count). The lowest BCUT2D eigenvalue weighted by Gasteiger charge is -2.36. The lowest BCUT2D eigenvalue weighted by Crippen LogP contribution is -2.43. The Morgan fingerprint density at radius 2 is 1.88 bits per heavy atom. The monoisotopic (exact) mass is 569 g/mol. The molecule has 3 heterocycles. The first-order chi connectivity index (χ1) is 20.6. The summed E-state index contributed by atoms with van der Waals surface area (Å²) in [4.78, 5) is 23.6. The second-order valence-corrected chi connectivity index (χ2v) is 11.1. The van der Waals surface area contributed by atoms with Gasteiger partial charge in [0.1, 0.15) is 30.1 Å². The smallest absolute Gasteiger partial charge is 0.314 e. The van der Waals surface area contributed by atoms with Gasteiger partial charge in [-0.25, -0.2) is 14.8 Å². The molecule has 4 N–H and O–H groups in total. The molecule has 0 bridgehead atoms. The van der Waals surface area contributed by atoms with Crippen LogP contribution in [-0.2, 0) is 11.3 Å². The number of nitrogen functional groups attached to an aromatic ring is 1. The predicted octanol–water partition coefficient (Wildman–Crippen LogP) is 4.23. The second-order valence-electron chi connectivity index (χ2n) is 11.1. The highest BCUT2D eigenvalue weighted by Crippen LogP contribution is 2.43. The Bertz CT molecular complexity index is 1480. The Balaban J connectivity index is 1.04. The van der Waals surface area contributed by atoms with Crippen molar-refractivity contribution in [3.05, 3.63) is 72.7 Å². The summed E-state index contributed by atoms with van der Waals surface area (Å²) in [6.45, 7) is 6.37. The summed E-state index contributed by atoms with van der Waals surface area (Å²) < 4.78 is 13.7. The first kappa shape index (κ1) is 28.0. The van der Waals surface area contributed by atoms with Crippen molar-refractivity contribution < 1.29 is 14.3 Å². The lowest BCUT2D eigenvalue weighted by molar-refractivity contribution is 0.0375. The predicted molar refractivity (Wildman–Crippen MR) is 163 cm³/mol. The number of carbonyl (C=O) groups is 1. The van der Waals surface area contributed by atoms with Gasteiger partial charge >= 0.3 is 6.03 Å². The Labute approximate surface area is 246 Å². The molecule has 2 aromatic heterocycles. The van der Waals surface area contributed by atoms with E-state index in [4.69, 9.17) is 15.2 Å². The van der Waals surface area contributed by atoms with Crippen LogP contribution in [0.5, 0.6) is 5.75 Å². The zero-order valence-electron chi connectivity index (χ0n) is 23.9. The first-order valence-electron chi connectivity index (χ1n) is 14.8. The lowest BCUT2D eigenvalue weighted by atomic mass is 9.80. The molecule has 1 aliphatic heterocycles. The van der Waals surface area contributed by atoms with E-state index in [1.54, 1.807) is 0 Å². The molecule has 10 heteroatoms. The number of urea groups is 1. The van der Waals surface area contributed by atoms with Crippen molar-refractivity contribution in [2.75, 3.05) is 51.7 Å². The number of nitrogens with zero attached hydrogens (tertiary/aromatic N) is 4. The minimum atomic E-state index is -0.0935. The van der Waals surface area contributed by atoms with E-state index in [0.29, 0.717) is 31.4 Å². The topological polar surface area (TPSA) is 120 Å². The number of hydrogen-bond acceptors (Lipinski definition) is 7. The summed E-state index contributed by atoms with van der Waals surface area (Å²) in [5.74, 6) is 1.68. The first-order valence-corrected chi connectivity index (χ1v) is 14.8. The van der Waals surface area contributed by atoms with E-state index in [-0.39, 0.29) is 12.1 Å². The van der Waals surface area contributed by atoms with Crippen LogP contribution in [0.2, 0.25) is 0 Å². The fraction of sp³-hybridized carbons (Fsp3) is 0.406. The van der Waals surface area contributed by atoms with Gasteiger partial charge in [0.05, 0.1) is 18.6 Å². The van der Waals surface area contributed by atoms with Crippen molar-refractivity contribution in [3.63, 3.8) is 0 Å². The zero-order chi connectivity index (χ0) is 28.7. The van der Waals surface area contributed by atoms with Gasteiger partial charge < -0.3 is 30.4 Å². The summed E-state index contributed by atoms with van der Waals surface area (Å²) in [7, 11) is 0. The fourth-order valence-electron chi connectivity index (χ4n) is 5.82. The van der Waals surface area contributed by atoms with E-state index in [0.717, 1.165) is 85.6 Å². The molecule has 0 unspecified atom stereocenters. The van der Waals surface area contributed by atoms with Crippen LogP contribution in [0.4, 0.5) is 10.6 Å². The number of ether oxygens (including phenoxy) is 2. The van der Waals surface area contributed by atoms with Crippen LogP contribution in [0, 0.1) is 5.92 Å². The second kappa shape index (κ2) is 13.2. The van der Waals surface area contributed by atoms with Gasteiger partial charge in [0.15, 0.2) is 0 Å². The number of fused-ring (bicyclic) bond motifs is 1. The number of rotatable bonds is 11. The minimum Gasteiger partial charge on any atom is -0.489 e. The van der Waals surface area contributed by atoms with Gasteiger partial charge in [0.25, 0.3) is 0 Å². The van der Waals surface area contributed by atoms with E-state index in [9.17, 15) is 4.79 Å². The van der Waals surface area contributed by atoms with Gasteiger partial charge in [0.2, 0.25) is 0 Å². The average molecular weight is 570 g/mol. The summed E-state index contributed by atoms with van der Waals surface area (Å²) in [5, 5.41) is 6.90. The molecule has 0 spiro atoms. The Kier molecular flexibility index (Phi) is 8.81. The zero-order valence-corrected chi connectivity index (χ0v) is 23.9. The molecular formula is C32H39N7O3. The molecule has 4 aromatic rings. The van der Waals surface area contributed by atoms with Gasteiger partial charge in [-0.2, -0.15) is 0 Å². The highest BCUT2D eigenvalue weighted by atomic mass is 16.5. The molecule has 1 saturated heterocycles. The number of amides is 2. The SMILES string of the molecule is Nc1ncnc2c1c(-c1cccc(OCc3ccccc3)c1)cn2C1CC(CNC(=O)NCCCN2CCOCC2)C1. The molecule has 1 aliphatic carbocycles. The Morgan fingerprint density at radius 1 is 1.05 bits per heavy atom. The van der Waals surface area contributed by atoms with E-state index in [2.05, 4.69) is 54.5 Å². The molecule has 2 fully saturated rings. The summed E-state index contributed by atoms with van der Waals surface area (Å²) in [6.07, 6.45) is 6.53. The number of nitrogens with one attached hydrogen (secondary N) is 2. The van der Waals surface area contributed by atoms with E-state index in [1.807, 2.05) is 36.4 Å². The molecule has 10 nitrogen and oxygen atoms in total. The Morgan fingerprint density at radius 3 is 2.71 bits per heavy atom. The fourth-order valence-corrected chi connectivity index (χ4v) is 5.82. The number of nitrogens with two attached hydrogens (primary N) is 1. The standard InChI is InChI=1S/C32H39N7O3/c33-30-29-28(25-8-4-9-27(18-25)42-21-23-6-2-1-3-7-23)20-39(31(29)37-22-36-30)26-16-24(17-26)19-35-32(40)34-10-5-11-38-12-14-41-15-13-38/h1-4,6-9,18,20,22,24,26H,5,10-17,19,21H2,(H2,33,36,37)(H2,34,35,40). The van der Waals surface area contributed by atoms with Crippen LogP contribution < -0.4 is 21.1 Å². The van der Waals surface area contributed by atoms with Crippen LogP contribution in [-0.4, -0.2) is 71.4 Å². The summed E-state index contributed by atoms with van der Waals surface area (Å²) in [6, 6.07) is 18.4. The van der Waals surface area contributed by atoms with Crippen molar-refractivity contribution in [3.8, 4) is 16.9 Å². The normalized spacial score (nSPS) is 18.9. The summed E-state index contributed by atoms with van der Waals surface area (Å²) >= 11 is 0. The van der Waals surface area contributed by atoms with Crippen molar-refractivity contribution in [2.24, 2.45) is 5.92 Å². The number of hydrogen-bond donors (Lipinski definition) is 3. The van der Waals surface area contributed by atoms with Gasteiger partial charge in [-0.3, -0.25) is 4.90 Å². The third-order valence-electron chi connectivity index (χ3n) is 8.23. The number of aromatic nitrogens is 3. The van der Waals surface area contributed by atoms with Crippen molar-refractivity contribution in [1.82, 2.24) is 30.1 Å². The molecule has 42 heavy (non-hydrogen) atoms. The molecule has 1 saturated carbocycles. The van der Waals surface area contributed by atoms with Gasteiger partial charge in [-0.05, 0) is 55.0 Å². The number of benzene rings is 2. The molecule has 0 radical (unpaired) electrons. The molecule has 220 valence electrons. The molecule has 2 aromatic carbocycles. The maximum Gasteiger partial charge on any atom is 0.314 e. The van der Waals surface area contributed by atoms with E-state index >= 15 is 0 Å². The average Bonchev–Trinajstić information content (AvgIpc) is 3.39. The maximum atomic E-state index is 12.3. The minimum absolute atomic E-state index is 0.0935. The Hall–Kier alpha value is -4.15. The van der Waals surface area contributed by atoms with E-state index < -0.39 is 0 Å². The highest BCUT2D eigenvalue weighted by Gasteiger charge is 2.32. The molecule has 0 atom stereocenters. The van der Waals surface area contributed by atoms with Crippen LogP contribution in [0.25, 0.3) is 22.2 Å². The molecule has 2 amide bonds. The van der Waals surface area contributed by atoms with E-state index in [1.165, 1.54) is 6.33 Å². The van der Waals surface area contributed by atoms with Gasteiger partial charge in [-0.15, -0.1) is 0 Å². The third-order valence-corrected chi connectivity index (χ3v) is 8.23. The highest BCUT2D eigenvalue weighted by molar-refractivity contribution is 6.00. The summed E-state index contributed by atoms with van der Waals surface area (Å²) in [5.41, 5.74) is 10.3. The maximum absolute atomic E-state index is 12.3.